The van der Waals surface area contributed by atoms with Gasteiger partial charge in [0.05, 0.1) is 5.39 Å². The Bertz CT molecular complexity index is 1050. The quantitative estimate of drug-likeness (QED) is 0.671. The molecule has 6 nitrogen and oxygen atoms in total. The van der Waals surface area contributed by atoms with Crippen LogP contribution in [-0.2, 0) is 9.53 Å². The summed E-state index contributed by atoms with van der Waals surface area (Å²) in [7, 11) is 0. The van der Waals surface area contributed by atoms with Crippen LogP contribution in [0, 0.1) is 20.8 Å². The molecular weight excluding hydrogens is 364 g/mol. The Kier molecular flexibility index (Phi) is 5.32. The molecule has 0 saturated heterocycles. The summed E-state index contributed by atoms with van der Waals surface area (Å²) in [6.45, 7) is 9.11. The molecular formula is C20H22N2O4S. The van der Waals surface area contributed by atoms with Gasteiger partial charge in [0, 0.05) is 4.88 Å². The molecule has 142 valence electrons. The number of hydrogen-bond donors (Lipinski definition) is 1. The molecule has 1 N–H and O–H groups in total. The van der Waals surface area contributed by atoms with Crippen LogP contribution in [-0.4, -0.2) is 22.0 Å². The number of nitrogens with one attached hydrogen (secondary N) is 1. The summed E-state index contributed by atoms with van der Waals surface area (Å²) in [6, 6.07) is 7.45. The molecule has 27 heavy (non-hydrogen) atoms. The second-order valence-corrected chi connectivity index (χ2v) is 7.77. The lowest BCUT2D eigenvalue weighted by Gasteiger charge is -2.17. The standard InChI is InChI=1S/C20H22N2O4S/c1-10-7-6-8-15(9-10)25-13(4)20(24)26-12(3)17-21-18(23)16-11(2)14(5)27-19(16)22-17/h6-9,12-13H,1-5H3,(H,21,22,23)/t12-,13+/m0/s1. The van der Waals surface area contributed by atoms with Gasteiger partial charge in [-0.2, -0.15) is 0 Å². The number of carbonyl (C=O) groups excluding carboxylic acids is 1. The van der Waals surface area contributed by atoms with Crippen molar-refractivity contribution in [3.8, 4) is 5.75 Å². The van der Waals surface area contributed by atoms with Crippen LogP contribution in [0.4, 0.5) is 0 Å². The molecule has 2 heterocycles. The van der Waals surface area contributed by atoms with Gasteiger partial charge < -0.3 is 14.5 Å². The first-order valence-electron chi connectivity index (χ1n) is 8.70. The number of rotatable bonds is 5. The third kappa shape index (κ3) is 4.03. The molecule has 0 spiro atoms. The van der Waals surface area contributed by atoms with Crippen LogP contribution in [0.25, 0.3) is 10.2 Å². The number of nitrogens with zero attached hydrogens (tertiary/aromatic N) is 1. The molecule has 0 amide bonds. The summed E-state index contributed by atoms with van der Waals surface area (Å²) in [6.07, 6.45) is -1.48. The number of esters is 1. The molecule has 0 bridgehead atoms. The fourth-order valence-electron chi connectivity index (χ4n) is 2.73. The molecule has 0 aliphatic carbocycles. The van der Waals surface area contributed by atoms with E-state index in [2.05, 4.69) is 9.97 Å². The highest BCUT2D eigenvalue weighted by atomic mass is 32.1. The minimum Gasteiger partial charge on any atom is -0.479 e. The van der Waals surface area contributed by atoms with Crippen molar-refractivity contribution < 1.29 is 14.3 Å². The average molecular weight is 386 g/mol. The monoisotopic (exact) mass is 386 g/mol. The third-order valence-electron chi connectivity index (χ3n) is 4.37. The zero-order valence-corrected chi connectivity index (χ0v) is 16.8. The van der Waals surface area contributed by atoms with Crippen LogP contribution in [0.2, 0.25) is 0 Å². The van der Waals surface area contributed by atoms with Crippen LogP contribution < -0.4 is 10.3 Å². The predicted octanol–water partition coefficient (Wildman–Crippen LogP) is 3.98. The van der Waals surface area contributed by atoms with Gasteiger partial charge in [0.15, 0.2) is 18.0 Å². The smallest absolute Gasteiger partial charge is 0.347 e. The highest BCUT2D eigenvalue weighted by Gasteiger charge is 2.22. The first kappa shape index (κ1) is 19.1. The summed E-state index contributed by atoms with van der Waals surface area (Å²) in [5.74, 6) is 0.403. The summed E-state index contributed by atoms with van der Waals surface area (Å²) < 4.78 is 11.1. The first-order chi connectivity index (χ1) is 12.8. The molecule has 3 rings (SSSR count). The normalized spacial score (nSPS) is 13.4. The number of fused-ring (bicyclic) bond motifs is 1. The van der Waals surface area contributed by atoms with Gasteiger partial charge in [-0.15, -0.1) is 11.3 Å². The Balaban J connectivity index is 1.74. The predicted molar refractivity (Wildman–Crippen MR) is 105 cm³/mol. The number of hydrogen-bond acceptors (Lipinski definition) is 6. The lowest BCUT2D eigenvalue weighted by molar-refractivity contribution is -0.156. The van der Waals surface area contributed by atoms with E-state index in [9.17, 15) is 9.59 Å². The van der Waals surface area contributed by atoms with Gasteiger partial charge in [-0.3, -0.25) is 4.79 Å². The summed E-state index contributed by atoms with van der Waals surface area (Å²) in [4.78, 5) is 33.6. The Morgan fingerprint density at radius 3 is 2.67 bits per heavy atom. The van der Waals surface area contributed by atoms with Crippen molar-refractivity contribution >= 4 is 27.5 Å². The minimum atomic E-state index is -0.782. The van der Waals surface area contributed by atoms with E-state index in [1.165, 1.54) is 11.3 Å². The lowest BCUT2D eigenvalue weighted by atomic mass is 10.2. The van der Waals surface area contributed by atoms with Crippen LogP contribution in [0.5, 0.6) is 5.75 Å². The van der Waals surface area contributed by atoms with Crippen molar-refractivity contribution in [2.24, 2.45) is 0 Å². The van der Waals surface area contributed by atoms with Crippen LogP contribution in [0.15, 0.2) is 29.1 Å². The van der Waals surface area contributed by atoms with Gasteiger partial charge in [-0.1, -0.05) is 12.1 Å². The molecule has 0 aliphatic heterocycles. The fraction of sp³-hybridized carbons (Fsp3) is 0.350. The fourth-order valence-corrected chi connectivity index (χ4v) is 3.77. The second kappa shape index (κ2) is 7.52. The van der Waals surface area contributed by atoms with Gasteiger partial charge in [0.2, 0.25) is 0 Å². The molecule has 2 aromatic heterocycles. The Hall–Kier alpha value is -2.67. The van der Waals surface area contributed by atoms with E-state index < -0.39 is 18.2 Å². The first-order valence-corrected chi connectivity index (χ1v) is 9.51. The second-order valence-electron chi connectivity index (χ2n) is 6.57. The largest absolute Gasteiger partial charge is 0.479 e. The molecule has 0 unspecified atom stereocenters. The number of aryl methyl sites for hydroxylation is 3. The van der Waals surface area contributed by atoms with Gasteiger partial charge >= 0.3 is 5.97 Å². The number of aromatic nitrogens is 2. The van der Waals surface area contributed by atoms with Crippen molar-refractivity contribution in [2.75, 3.05) is 0 Å². The van der Waals surface area contributed by atoms with Gasteiger partial charge in [0.25, 0.3) is 5.56 Å². The molecule has 0 aliphatic rings. The molecule has 0 saturated carbocycles. The minimum absolute atomic E-state index is 0.219. The maximum atomic E-state index is 12.4. The summed E-state index contributed by atoms with van der Waals surface area (Å²) >= 11 is 1.46. The van der Waals surface area contributed by atoms with Crippen molar-refractivity contribution in [1.29, 1.82) is 0 Å². The van der Waals surface area contributed by atoms with Crippen molar-refractivity contribution in [1.82, 2.24) is 9.97 Å². The maximum absolute atomic E-state index is 12.4. The van der Waals surface area contributed by atoms with Crippen molar-refractivity contribution in [3.05, 3.63) is 56.4 Å². The number of ether oxygens (including phenoxy) is 2. The van der Waals surface area contributed by atoms with E-state index >= 15 is 0 Å². The van der Waals surface area contributed by atoms with E-state index in [1.54, 1.807) is 19.9 Å². The third-order valence-corrected chi connectivity index (χ3v) is 5.47. The molecule has 0 radical (unpaired) electrons. The van der Waals surface area contributed by atoms with E-state index in [4.69, 9.17) is 9.47 Å². The van der Waals surface area contributed by atoms with Crippen molar-refractivity contribution in [3.63, 3.8) is 0 Å². The van der Waals surface area contributed by atoms with E-state index in [0.29, 0.717) is 21.8 Å². The van der Waals surface area contributed by atoms with Gasteiger partial charge in [-0.25, -0.2) is 9.78 Å². The molecule has 7 heteroatoms. The number of aromatic amines is 1. The molecule has 1 aromatic carbocycles. The van der Waals surface area contributed by atoms with Gasteiger partial charge in [-0.05, 0) is 57.9 Å². The summed E-state index contributed by atoms with van der Waals surface area (Å²) in [5, 5.41) is 0.593. The number of thiophene rings is 1. The van der Waals surface area contributed by atoms with Crippen LogP contribution >= 0.6 is 11.3 Å². The topological polar surface area (TPSA) is 81.3 Å². The van der Waals surface area contributed by atoms with Crippen LogP contribution in [0.3, 0.4) is 0 Å². The van der Waals surface area contributed by atoms with E-state index in [-0.39, 0.29) is 5.56 Å². The number of H-pyrrole nitrogens is 1. The zero-order chi connectivity index (χ0) is 19.7. The Morgan fingerprint density at radius 2 is 1.96 bits per heavy atom. The highest BCUT2D eigenvalue weighted by Crippen LogP contribution is 2.27. The molecule has 2 atom stereocenters. The Morgan fingerprint density at radius 1 is 1.22 bits per heavy atom. The number of benzene rings is 1. The zero-order valence-electron chi connectivity index (χ0n) is 16.0. The summed E-state index contributed by atoms with van der Waals surface area (Å²) in [5.41, 5.74) is 1.75. The van der Waals surface area contributed by atoms with Crippen molar-refractivity contribution in [2.45, 2.75) is 46.8 Å². The van der Waals surface area contributed by atoms with E-state index in [1.807, 2.05) is 39.0 Å². The van der Waals surface area contributed by atoms with Gasteiger partial charge in [0.1, 0.15) is 10.6 Å². The van der Waals surface area contributed by atoms with E-state index in [0.717, 1.165) is 16.0 Å². The molecule has 0 fully saturated rings. The SMILES string of the molecule is Cc1cccc(O[C@H](C)C(=O)O[C@@H](C)c2nc3sc(C)c(C)c3c(=O)[nH]2)c1. The highest BCUT2D eigenvalue weighted by molar-refractivity contribution is 7.18. The Labute approximate surface area is 161 Å². The lowest BCUT2D eigenvalue weighted by Crippen LogP contribution is -2.28. The molecule has 3 aromatic rings. The maximum Gasteiger partial charge on any atom is 0.347 e. The van der Waals surface area contributed by atoms with Crippen LogP contribution in [0.1, 0.15) is 41.8 Å². The number of carbonyl (C=O) groups is 1. The average Bonchev–Trinajstić information content (AvgIpc) is 2.89.